The standard InChI is InChI=1S/C7H11Cl/c1-7(2)5-3-4-6-8/h3-5H,6H2,1-2H3/b4-3+. The van der Waals surface area contributed by atoms with Crippen molar-refractivity contribution in [1.29, 1.82) is 0 Å². The van der Waals surface area contributed by atoms with Crippen LogP contribution in [0.15, 0.2) is 23.8 Å². The molecule has 0 heterocycles. The van der Waals surface area contributed by atoms with Gasteiger partial charge in [-0.1, -0.05) is 23.8 Å². The van der Waals surface area contributed by atoms with E-state index in [1.165, 1.54) is 5.57 Å². The van der Waals surface area contributed by atoms with E-state index in [4.69, 9.17) is 11.6 Å². The van der Waals surface area contributed by atoms with Crippen LogP contribution in [0.4, 0.5) is 0 Å². The van der Waals surface area contributed by atoms with E-state index >= 15 is 0 Å². The smallest absolute Gasteiger partial charge is 0.0407 e. The number of halogens is 1. The van der Waals surface area contributed by atoms with E-state index in [1.807, 2.05) is 18.2 Å². The Morgan fingerprint density at radius 1 is 1.50 bits per heavy atom. The average molecular weight is 131 g/mol. The van der Waals surface area contributed by atoms with Crippen molar-refractivity contribution in [1.82, 2.24) is 0 Å². The molecule has 0 saturated heterocycles. The quantitative estimate of drug-likeness (QED) is 0.398. The molecule has 0 nitrogen and oxygen atoms in total. The zero-order valence-corrected chi connectivity index (χ0v) is 6.07. The predicted octanol–water partition coefficient (Wildman–Crippen LogP) is 2.75. The molecule has 0 bridgehead atoms. The highest BCUT2D eigenvalue weighted by Gasteiger charge is 1.68. The van der Waals surface area contributed by atoms with Crippen molar-refractivity contribution in [2.24, 2.45) is 0 Å². The first-order chi connectivity index (χ1) is 3.77. The Hall–Kier alpha value is -0.230. The summed E-state index contributed by atoms with van der Waals surface area (Å²) in [7, 11) is 0. The molecule has 0 radical (unpaired) electrons. The Morgan fingerprint density at radius 2 is 2.12 bits per heavy atom. The molecule has 0 aliphatic heterocycles. The second kappa shape index (κ2) is 4.92. The third-order valence-electron chi connectivity index (χ3n) is 0.655. The van der Waals surface area contributed by atoms with Gasteiger partial charge in [-0.3, -0.25) is 0 Å². The van der Waals surface area contributed by atoms with Gasteiger partial charge < -0.3 is 0 Å². The Labute approximate surface area is 55.9 Å². The maximum absolute atomic E-state index is 5.37. The van der Waals surface area contributed by atoms with Gasteiger partial charge in [0.15, 0.2) is 0 Å². The molecule has 0 N–H and O–H groups in total. The van der Waals surface area contributed by atoms with Gasteiger partial charge in [-0.05, 0) is 13.8 Å². The monoisotopic (exact) mass is 130 g/mol. The molecule has 0 fully saturated rings. The maximum Gasteiger partial charge on any atom is 0.0407 e. The lowest BCUT2D eigenvalue weighted by Gasteiger charge is -1.79. The van der Waals surface area contributed by atoms with E-state index in [9.17, 15) is 0 Å². The largest absolute Gasteiger partial charge is 0.122 e. The summed E-state index contributed by atoms with van der Waals surface area (Å²) < 4.78 is 0. The number of rotatable bonds is 2. The maximum atomic E-state index is 5.37. The summed E-state index contributed by atoms with van der Waals surface area (Å²) in [6, 6.07) is 0. The summed E-state index contributed by atoms with van der Waals surface area (Å²) in [6.07, 6.45) is 5.90. The summed E-state index contributed by atoms with van der Waals surface area (Å²) in [6.45, 7) is 4.11. The molecule has 0 amide bonds. The molecule has 0 atom stereocenters. The van der Waals surface area contributed by atoms with Gasteiger partial charge in [-0.25, -0.2) is 0 Å². The summed E-state index contributed by atoms with van der Waals surface area (Å²) in [5.74, 6) is 0.601. The van der Waals surface area contributed by atoms with Gasteiger partial charge in [0.05, 0.1) is 0 Å². The number of hydrogen-bond acceptors (Lipinski definition) is 0. The second-order valence-electron chi connectivity index (χ2n) is 1.83. The van der Waals surface area contributed by atoms with E-state index in [2.05, 4.69) is 13.8 Å². The normalized spacial score (nSPS) is 9.88. The van der Waals surface area contributed by atoms with Gasteiger partial charge in [0.1, 0.15) is 0 Å². The summed E-state index contributed by atoms with van der Waals surface area (Å²) in [4.78, 5) is 0. The lowest BCUT2D eigenvalue weighted by atomic mass is 10.3. The third kappa shape index (κ3) is 5.77. The average Bonchev–Trinajstić information content (AvgIpc) is 1.66. The van der Waals surface area contributed by atoms with Gasteiger partial charge in [-0.2, -0.15) is 0 Å². The minimum Gasteiger partial charge on any atom is -0.122 e. The first-order valence-corrected chi connectivity index (χ1v) is 3.17. The number of hydrogen-bond donors (Lipinski definition) is 0. The van der Waals surface area contributed by atoms with Gasteiger partial charge in [0, 0.05) is 5.88 Å². The van der Waals surface area contributed by atoms with Crippen molar-refractivity contribution >= 4 is 11.6 Å². The molecule has 1 heteroatoms. The van der Waals surface area contributed by atoms with Crippen LogP contribution in [0.1, 0.15) is 13.8 Å². The lowest BCUT2D eigenvalue weighted by molar-refractivity contribution is 1.39. The van der Waals surface area contributed by atoms with Crippen LogP contribution in [0.2, 0.25) is 0 Å². The Morgan fingerprint density at radius 3 is 2.50 bits per heavy atom. The van der Waals surface area contributed by atoms with Crippen molar-refractivity contribution in [3.05, 3.63) is 23.8 Å². The van der Waals surface area contributed by atoms with Crippen molar-refractivity contribution < 1.29 is 0 Å². The van der Waals surface area contributed by atoms with Crippen molar-refractivity contribution in [3.8, 4) is 0 Å². The first-order valence-electron chi connectivity index (χ1n) is 2.63. The zero-order valence-electron chi connectivity index (χ0n) is 5.32. The first kappa shape index (κ1) is 7.77. The molecular formula is C7H11Cl. The van der Waals surface area contributed by atoms with E-state index in [1.54, 1.807) is 0 Å². The highest BCUT2D eigenvalue weighted by atomic mass is 35.5. The van der Waals surface area contributed by atoms with Gasteiger partial charge in [-0.15, -0.1) is 11.6 Å². The summed E-state index contributed by atoms with van der Waals surface area (Å²) in [5, 5.41) is 0. The minimum atomic E-state index is 0.601. The molecule has 0 unspecified atom stereocenters. The molecule has 8 heavy (non-hydrogen) atoms. The topological polar surface area (TPSA) is 0 Å². The van der Waals surface area contributed by atoms with E-state index in [-0.39, 0.29) is 0 Å². The molecule has 0 saturated carbocycles. The van der Waals surface area contributed by atoms with Crippen LogP contribution in [0.25, 0.3) is 0 Å². The third-order valence-corrected chi connectivity index (χ3v) is 0.833. The zero-order chi connectivity index (χ0) is 6.41. The Balaban J connectivity index is 3.42. The fraction of sp³-hybridized carbons (Fsp3) is 0.429. The minimum absolute atomic E-state index is 0.601. The molecular weight excluding hydrogens is 120 g/mol. The highest BCUT2D eigenvalue weighted by Crippen LogP contribution is 1.88. The molecule has 0 aromatic heterocycles. The Kier molecular flexibility index (Phi) is 4.78. The molecule has 46 valence electrons. The van der Waals surface area contributed by atoms with E-state index in [0.717, 1.165) is 0 Å². The van der Waals surface area contributed by atoms with Crippen LogP contribution < -0.4 is 0 Å². The van der Waals surface area contributed by atoms with Crippen LogP contribution in [0, 0.1) is 0 Å². The van der Waals surface area contributed by atoms with Crippen LogP contribution in [-0.4, -0.2) is 5.88 Å². The van der Waals surface area contributed by atoms with Crippen molar-refractivity contribution in [2.75, 3.05) is 5.88 Å². The van der Waals surface area contributed by atoms with Gasteiger partial charge >= 0.3 is 0 Å². The molecule has 0 aliphatic carbocycles. The van der Waals surface area contributed by atoms with E-state index < -0.39 is 0 Å². The molecule has 0 spiro atoms. The van der Waals surface area contributed by atoms with Crippen LogP contribution in [0.5, 0.6) is 0 Å². The van der Waals surface area contributed by atoms with Crippen molar-refractivity contribution in [2.45, 2.75) is 13.8 Å². The molecule has 0 aliphatic rings. The highest BCUT2D eigenvalue weighted by molar-refractivity contribution is 6.18. The molecule has 0 aromatic carbocycles. The number of alkyl halides is 1. The van der Waals surface area contributed by atoms with Crippen LogP contribution in [-0.2, 0) is 0 Å². The number of allylic oxidation sites excluding steroid dienone is 4. The second-order valence-corrected chi connectivity index (χ2v) is 2.14. The summed E-state index contributed by atoms with van der Waals surface area (Å²) in [5.41, 5.74) is 1.30. The lowest BCUT2D eigenvalue weighted by Crippen LogP contribution is -1.60. The van der Waals surface area contributed by atoms with Gasteiger partial charge in [0.2, 0.25) is 0 Å². The van der Waals surface area contributed by atoms with Crippen LogP contribution >= 0.6 is 11.6 Å². The van der Waals surface area contributed by atoms with E-state index in [0.29, 0.717) is 5.88 Å². The summed E-state index contributed by atoms with van der Waals surface area (Å²) >= 11 is 5.37. The fourth-order valence-corrected chi connectivity index (χ4v) is 0.415. The van der Waals surface area contributed by atoms with Gasteiger partial charge in [0.25, 0.3) is 0 Å². The Bertz CT molecular complexity index is 97.0. The van der Waals surface area contributed by atoms with Crippen LogP contribution in [0.3, 0.4) is 0 Å². The SMILES string of the molecule is CC(C)=C/C=C/CCl. The predicted molar refractivity (Wildman–Crippen MR) is 39.3 cm³/mol. The van der Waals surface area contributed by atoms with Crippen molar-refractivity contribution in [3.63, 3.8) is 0 Å². The molecule has 0 rings (SSSR count). The fourth-order valence-electron chi connectivity index (χ4n) is 0.312. The molecule has 0 aromatic rings.